The Morgan fingerprint density at radius 2 is 1.97 bits per heavy atom. The van der Waals surface area contributed by atoms with Gasteiger partial charge in [-0.2, -0.15) is 0 Å². The number of hydrogen-bond acceptors (Lipinski definition) is 6. The first-order valence-corrected chi connectivity index (χ1v) is 13.8. The fourth-order valence-electron chi connectivity index (χ4n) is 4.44. The molecule has 4 aromatic rings. The van der Waals surface area contributed by atoms with Gasteiger partial charge in [-0.15, -0.1) is 0 Å². The predicted octanol–water partition coefficient (Wildman–Crippen LogP) is 5.01. The quantitative estimate of drug-likeness (QED) is 0.287. The number of ether oxygens (including phenoxy) is 2. The predicted molar refractivity (Wildman–Crippen MR) is 152 cm³/mol. The lowest BCUT2D eigenvalue weighted by Gasteiger charge is -2.25. The topological polar surface area (TPSA) is 74.8 Å². The van der Waals surface area contributed by atoms with Crippen LogP contribution in [0.3, 0.4) is 0 Å². The second kappa shape index (κ2) is 10.8. The standard InChI is InChI=1S/C28H23BrClN3O4S/c1-4-37-27(35)24-16(2)31-28-33(25(24)17-7-12-22(36-3)21(29)14-17)26(34)23(38-28)15-20-6-5-13-32(20)19-10-8-18(30)9-11-19/h5-15,25H,4H2,1-3H3/b23-15+/t25-/m1/s1. The molecule has 0 fully saturated rings. The zero-order valence-corrected chi connectivity index (χ0v) is 23.9. The summed E-state index contributed by atoms with van der Waals surface area (Å²) in [6.07, 6.45) is 3.76. The van der Waals surface area contributed by atoms with E-state index in [0.717, 1.165) is 16.9 Å². The van der Waals surface area contributed by atoms with Gasteiger partial charge in [0.15, 0.2) is 4.80 Å². The number of methoxy groups -OCH3 is 1. The lowest BCUT2D eigenvalue weighted by Crippen LogP contribution is -2.40. The summed E-state index contributed by atoms with van der Waals surface area (Å²) >= 11 is 10.9. The van der Waals surface area contributed by atoms with Crippen molar-refractivity contribution < 1.29 is 14.3 Å². The van der Waals surface area contributed by atoms with Crippen LogP contribution in [0.25, 0.3) is 11.8 Å². The first-order valence-electron chi connectivity index (χ1n) is 11.8. The molecule has 0 amide bonds. The molecule has 2 aromatic carbocycles. The molecule has 3 heterocycles. The van der Waals surface area contributed by atoms with Crippen LogP contribution >= 0.6 is 38.9 Å². The summed E-state index contributed by atoms with van der Waals surface area (Å²) in [6.45, 7) is 3.72. The Bertz CT molecular complexity index is 1750. The van der Waals surface area contributed by atoms with E-state index in [2.05, 4.69) is 20.9 Å². The minimum absolute atomic E-state index is 0.209. The summed E-state index contributed by atoms with van der Waals surface area (Å²) in [7, 11) is 1.58. The van der Waals surface area contributed by atoms with Gasteiger partial charge < -0.3 is 14.0 Å². The minimum Gasteiger partial charge on any atom is -0.496 e. The highest BCUT2D eigenvalue weighted by Gasteiger charge is 2.33. The van der Waals surface area contributed by atoms with Crippen LogP contribution < -0.4 is 19.6 Å². The normalized spacial score (nSPS) is 15.3. The van der Waals surface area contributed by atoms with Crippen LogP contribution in [0.5, 0.6) is 5.75 Å². The van der Waals surface area contributed by atoms with Crippen LogP contribution in [0, 0.1) is 0 Å². The molecule has 1 atom stereocenters. The molecule has 1 aliphatic rings. The van der Waals surface area contributed by atoms with Crippen LogP contribution in [-0.4, -0.2) is 28.8 Å². The zero-order valence-electron chi connectivity index (χ0n) is 20.8. The van der Waals surface area contributed by atoms with Crippen molar-refractivity contribution in [2.75, 3.05) is 13.7 Å². The van der Waals surface area contributed by atoms with Crippen molar-refractivity contribution in [1.82, 2.24) is 9.13 Å². The first kappa shape index (κ1) is 26.2. The second-order valence-electron chi connectivity index (χ2n) is 8.48. The molecule has 0 unspecified atom stereocenters. The molecule has 0 saturated carbocycles. The molecule has 5 rings (SSSR count). The van der Waals surface area contributed by atoms with Crippen LogP contribution in [0.1, 0.15) is 31.1 Å². The van der Waals surface area contributed by atoms with Gasteiger partial charge in [0.05, 0.1) is 40.0 Å². The summed E-state index contributed by atoms with van der Waals surface area (Å²) in [5, 5.41) is 0.647. The van der Waals surface area contributed by atoms with Gasteiger partial charge in [0.25, 0.3) is 5.56 Å². The van der Waals surface area contributed by atoms with Gasteiger partial charge in [0.1, 0.15) is 5.75 Å². The third-order valence-corrected chi connectivity index (χ3v) is 8.03. The number of esters is 1. The number of thiazole rings is 1. The molecule has 0 N–H and O–H groups in total. The maximum atomic E-state index is 13.9. The molecule has 194 valence electrons. The highest BCUT2D eigenvalue weighted by molar-refractivity contribution is 9.10. The van der Waals surface area contributed by atoms with E-state index in [1.165, 1.54) is 11.3 Å². The number of hydrogen-bond donors (Lipinski definition) is 0. The molecule has 7 nitrogen and oxygen atoms in total. The van der Waals surface area contributed by atoms with E-state index in [4.69, 9.17) is 21.1 Å². The molecule has 0 radical (unpaired) electrons. The van der Waals surface area contributed by atoms with Crippen LogP contribution in [0.4, 0.5) is 0 Å². The Labute approximate surface area is 236 Å². The second-order valence-corrected chi connectivity index (χ2v) is 10.8. The smallest absolute Gasteiger partial charge is 0.338 e. The van der Waals surface area contributed by atoms with Crippen molar-refractivity contribution in [3.63, 3.8) is 0 Å². The molecular weight excluding hydrogens is 590 g/mol. The van der Waals surface area contributed by atoms with Gasteiger partial charge in [0.2, 0.25) is 0 Å². The largest absolute Gasteiger partial charge is 0.496 e. The summed E-state index contributed by atoms with van der Waals surface area (Å²) < 4.78 is 15.5. The lowest BCUT2D eigenvalue weighted by molar-refractivity contribution is -0.139. The Morgan fingerprint density at radius 1 is 1.21 bits per heavy atom. The van der Waals surface area contributed by atoms with Gasteiger partial charge in [0, 0.05) is 22.6 Å². The molecule has 0 spiro atoms. The van der Waals surface area contributed by atoms with E-state index in [1.54, 1.807) is 31.6 Å². The van der Waals surface area contributed by atoms with E-state index in [-0.39, 0.29) is 12.2 Å². The number of carbonyl (C=O) groups is 1. The average molecular weight is 613 g/mol. The maximum Gasteiger partial charge on any atom is 0.338 e. The van der Waals surface area contributed by atoms with Gasteiger partial charge in [-0.25, -0.2) is 9.79 Å². The maximum absolute atomic E-state index is 13.9. The molecule has 10 heteroatoms. The molecule has 38 heavy (non-hydrogen) atoms. The SMILES string of the molecule is CCOC(=O)C1=C(C)N=c2s/c(=C/c3cccn3-c3ccc(Cl)cc3)c(=O)n2[C@@H]1c1ccc(OC)c(Br)c1. The highest BCUT2D eigenvalue weighted by atomic mass is 79.9. The van der Waals surface area contributed by atoms with E-state index >= 15 is 0 Å². The number of nitrogens with zero attached hydrogens (tertiary/aromatic N) is 3. The van der Waals surface area contributed by atoms with Crippen molar-refractivity contribution in [3.8, 4) is 11.4 Å². The first-order chi connectivity index (χ1) is 18.3. The van der Waals surface area contributed by atoms with E-state index in [1.807, 2.05) is 65.4 Å². The fraction of sp³-hybridized carbons (Fsp3) is 0.179. The van der Waals surface area contributed by atoms with E-state index in [9.17, 15) is 9.59 Å². The highest BCUT2D eigenvalue weighted by Crippen LogP contribution is 2.35. The van der Waals surface area contributed by atoms with Crippen molar-refractivity contribution in [3.05, 3.63) is 113 Å². The zero-order chi connectivity index (χ0) is 27.0. The average Bonchev–Trinajstić information content (AvgIpc) is 3.48. The Balaban J connectivity index is 1.70. The van der Waals surface area contributed by atoms with Crippen LogP contribution in [0.2, 0.25) is 5.02 Å². The van der Waals surface area contributed by atoms with Crippen molar-refractivity contribution >= 4 is 50.9 Å². The summed E-state index contributed by atoms with van der Waals surface area (Å²) in [6, 6.07) is 16.1. The van der Waals surface area contributed by atoms with Crippen LogP contribution in [0.15, 0.2) is 86.3 Å². The molecule has 2 aromatic heterocycles. The monoisotopic (exact) mass is 611 g/mol. The Morgan fingerprint density at radius 3 is 2.66 bits per heavy atom. The molecule has 1 aliphatic heterocycles. The number of benzene rings is 2. The number of aromatic nitrogens is 2. The summed E-state index contributed by atoms with van der Waals surface area (Å²) in [4.78, 5) is 32.2. The van der Waals surface area contributed by atoms with E-state index < -0.39 is 12.0 Å². The molecule has 0 aliphatic carbocycles. The third kappa shape index (κ3) is 4.77. The minimum atomic E-state index is -0.710. The number of allylic oxidation sites excluding steroid dienone is 1. The summed E-state index contributed by atoms with van der Waals surface area (Å²) in [5.41, 5.74) is 3.06. The van der Waals surface area contributed by atoms with Gasteiger partial charge >= 0.3 is 5.97 Å². The molecule has 0 bridgehead atoms. The Kier molecular flexibility index (Phi) is 7.43. The van der Waals surface area contributed by atoms with Crippen LogP contribution in [-0.2, 0) is 9.53 Å². The van der Waals surface area contributed by atoms with E-state index in [0.29, 0.717) is 35.8 Å². The van der Waals surface area contributed by atoms with Gasteiger partial charge in [-0.1, -0.05) is 29.0 Å². The van der Waals surface area contributed by atoms with Crippen molar-refractivity contribution in [1.29, 1.82) is 0 Å². The van der Waals surface area contributed by atoms with Gasteiger partial charge in [-0.3, -0.25) is 9.36 Å². The number of carbonyl (C=O) groups excluding carboxylic acids is 1. The molecule has 0 saturated heterocycles. The van der Waals surface area contributed by atoms with Gasteiger partial charge in [-0.05, 0) is 89.9 Å². The fourth-order valence-corrected chi connectivity index (χ4v) is 6.16. The Hall–Kier alpha value is -3.40. The number of halogens is 2. The third-order valence-electron chi connectivity index (χ3n) is 6.17. The number of fused-ring (bicyclic) bond motifs is 1. The van der Waals surface area contributed by atoms with Crippen molar-refractivity contribution in [2.45, 2.75) is 19.9 Å². The summed E-state index contributed by atoms with van der Waals surface area (Å²) in [5.74, 6) is 0.138. The molecular formula is C28H23BrClN3O4S. The lowest BCUT2D eigenvalue weighted by atomic mass is 9.96. The number of rotatable bonds is 6. The van der Waals surface area contributed by atoms with Crippen molar-refractivity contribution in [2.24, 2.45) is 4.99 Å².